The summed E-state index contributed by atoms with van der Waals surface area (Å²) in [6.07, 6.45) is 2.87. The molecule has 0 radical (unpaired) electrons. The number of aromatic amines is 1. The lowest BCUT2D eigenvalue weighted by atomic mass is 9.98. The van der Waals surface area contributed by atoms with Crippen LogP contribution in [0.25, 0.3) is 22.2 Å². The van der Waals surface area contributed by atoms with Crippen LogP contribution in [0.1, 0.15) is 60.0 Å². The highest BCUT2D eigenvalue weighted by Crippen LogP contribution is 2.33. The second-order valence-corrected chi connectivity index (χ2v) is 15.5. The molecule has 2 aliphatic rings. The second kappa shape index (κ2) is 17.0. The summed E-state index contributed by atoms with van der Waals surface area (Å²) in [5, 5.41) is 14.1. The fourth-order valence-corrected chi connectivity index (χ4v) is 8.52. The molecule has 3 heterocycles. The van der Waals surface area contributed by atoms with E-state index in [-0.39, 0.29) is 29.9 Å². The van der Waals surface area contributed by atoms with Crippen LogP contribution in [0.5, 0.6) is 0 Å². The number of amides is 3. The molecule has 57 heavy (non-hydrogen) atoms. The molecular weight excluding hydrogens is 715 g/mol. The summed E-state index contributed by atoms with van der Waals surface area (Å²) >= 11 is 0. The standard InChI is InChI=1S/C46H49N7O4/c1-50(2)42(32-13-7-5-8-14-32)45(56)52-25-11-17-38(52)40(54)28-30-19-24-37-35(27-30)36(29-47)41(49-37)31-20-22-34(23-21-31)48-44(55)39-18-12-26-53(39)46(57)43(51(3)4)33-15-9-6-10-16-33/h5-10,13-16,19-24,27,38-39,42-43,49H,11-12,17-18,25-26,28H2,1-4H3,(H,48,55)/t38-,39-,42+,43+/m0/s1. The smallest absolute Gasteiger partial charge is 0.247 e. The predicted molar refractivity (Wildman–Crippen MR) is 221 cm³/mol. The van der Waals surface area contributed by atoms with Crippen molar-refractivity contribution in [2.45, 2.75) is 56.3 Å². The van der Waals surface area contributed by atoms with Gasteiger partial charge in [0.25, 0.3) is 0 Å². The van der Waals surface area contributed by atoms with E-state index in [2.05, 4.69) is 16.4 Å². The van der Waals surface area contributed by atoms with Crippen molar-refractivity contribution in [2.24, 2.45) is 0 Å². The van der Waals surface area contributed by atoms with Crippen LogP contribution in [0, 0.1) is 11.3 Å². The van der Waals surface area contributed by atoms with Crippen LogP contribution in [-0.2, 0) is 25.6 Å². The van der Waals surface area contributed by atoms with Gasteiger partial charge in [0.2, 0.25) is 17.7 Å². The Morgan fingerprint density at radius 2 is 1.30 bits per heavy atom. The van der Waals surface area contributed by atoms with Crippen LogP contribution in [0.15, 0.2) is 103 Å². The van der Waals surface area contributed by atoms with Crippen molar-refractivity contribution in [3.05, 3.63) is 125 Å². The number of hydrogen-bond acceptors (Lipinski definition) is 7. The molecule has 4 atom stereocenters. The maximum absolute atomic E-state index is 13.9. The van der Waals surface area contributed by atoms with Crippen molar-refractivity contribution >= 4 is 40.1 Å². The van der Waals surface area contributed by atoms with Gasteiger partial charge in [-0.3, -0.25) is 29.0 Å². The number of nitrogens with one attached hydrogen (secondary N) is 2. The molecule has 0 aliphatic carbocycles. The van der Waals surface area contributed by atoms with Crippen LogP contribution in [0.2, 0.25) is 0 Å². The van der Waals surface area contributed by atoms with Crippen LogP contribution < -0.4 is 5.32 Å². The lowest BCUT2D eigenvalue weighted by Gasteiger charge is -2.31. The number of anilines is 1. The van der Waals surface area contributed by atoms with Crippen LogP contribution in [0.3, 0.4) is 0 Å². The van der Waals surface area contributed by atoms with Gasteiger partial charge in [0.1, 0.15) is 24.2 Å². The number of carbonyl (C=O) groups excluding carboxylic acids is 4. The largest absolute Gasteiger partial charge is 0.353 e. The number of nitrogens with zero attached hydrogens (tertiary/aromatic N) is 5. The molecule has 0 saturated carbocycles. The molecule has 0 spiro atoms. The van der Waals surface area contributed by atoms with Gasteiger partial charge in [0.05, 0.1) is 17.3 Å². The molecule has 2 aliphatic heterocycles. The van der Waals surface area contributed by atoms with Gasteiger partial charge in [-0.25, -0.2) is 0 Å². The van der Waals surface area contributed by atoms with Crippen LogP contribution in [-0.4, -0.2) is 101 Å². The Hall–Kier alpha value is -6.09. The van der Waals surface area contributed by atoms with Crippen molar-refractivity contribution in [3.8, 4) is 17.3 Å². The summed E-state index contributed by atoms with van der Waals surface area (Å²) < 4.78 is 0. The summed E-state index contributed by atoms with van der Waals surface area (Å²) in [7, 11) is 7.50. The first-order chi connectivity index (χ1) is 27.5. The van der Waals surface area contributed by atoms with Gasteiger partial charge in [0, 0.05) is 36.1 Å². The number of aromatic nitrogens is 1. The zero-order valence-electron chi connectivity index (χ0n) is 32.9. The number of carbonyl (C=O) groups is 4. The van der Waals surface area contributed by atoms with Crippen molar-refractivity contribution in [2.75, 3.05) is 46.6 Å². The number of nitriles is 1. The number of ketones is 1. The first-order valence-corrected chi connectivity index (χ1v) is 19.6. The number of fused-ring (bicyclic) bond motifs is 1. The average Bonchev–Trinajstić information content (AvgIpc) is 3.98. The number of hydrogen-bond donors (Lipinski definition) is 2. The van der Waals surface area contributed by atoms with Crippen LogP contribution in [0.4, 0.5) is 5.69 Å². The van der Waals surface area contributed by atoms with E-state index in [0.29, 0.717) is 48.3 Å². The maximum atomic E-state index is 13.9. The van der Waals surface area contributed by atoms with E-state index in [0.717, 1.165) is 40.6 Å². The number of H-pyrrole nitrogens is 1. The summed E-state index contributed by atoms with van der Waals surface area (Å²) in [5.41, 5.74) is 5.77. The van der Waals surface area contributed by atoms with Gasteiger partial charge in [-0.1, -0.05) is 78.9 Å². The highest BCUT2D eigenvalue weighted by Gasteiger charge is 2.39. The quantitative estimate of drug-likeness (QED) is 0.152. The molecule has 2 fully saturated rings. The Morgan fingerprint density at radius 1 is 0.754 bits per heavy atom. The van der Waals surface area contributed by atoms with Gasteiger partial charge in [-0.05, 0) is 100 Å². The van der Waals surface area contributed by atoms with E-state index in [1.165, 1.54) is 0 Å². The lowest BCUT2D eigenvalue weighted by Crippen LogP contribution is -2.47. The van der Waals surface area contributed by atoms with E-state index in [9.17, 15) is 24.4 Å². The first-order valence-electron chi connectivity index (χ1n) is 19.6. The Labute approximate surface area is 333 Å². The molecule has 0 unspecified atom stereocenters. The third-order valence-corrected chi connectivity index (χ3v) is 11.3. The Balaban J connectivity index is 1.03. The molecule has 0 bridgehead atoms. The van der Waals surface area contributed by atoms with Gasteiger partial charge in [-0.2, -0.15) is 5.26 Å². The number of Topliss-reactive ketones (excluding diaryl/α,β-unsaturated/α-hetero) is 1. The Kier molecular flexibility index (Phi) is 11.6. The summed E-state index contributed by atoms with van der Waals surface area (Å²) in [6.45, 7) is 1.06. The van der Waals surface area contributed by atoms with Crippen molar-refractivity contribution in [1.29, 1.82) is 5.26 Å². The molecule has 7 rings (SSSR count). The van der Waals surface area contributed by atoms with Gasteiger partial charge < -0.3 is 20.1 Å². The average molecular weight is 764 g/mol. The third kappa shape index (κ3) is 8.10. The zero-order valence-corrected chi connectivity index (χ0v) is 32.9. The summed E-state index contributed by atoms with van der Waals surface area (Å²) in [6, 6.07) is 32.5. The molecular formula is C46H49N7O4. The van der Waals surface area contributed by atoms with E-state index >= 15 is 0 Å². The first kappa shape index (κ1) is 39.2. The maximum Gasteiger partial charge on any atom is 0.247 e. The van der Waals surface area contributed by atoms with Crippen LogP contribution >= 0.6 is 0 Å². The van der Waals surface area contributed by atoms with E-state index in [1.54, 1.807) is 21.9 Å². The molecule has 292 valence electrons. The SMILES string of the molecule is CN(C)[C@@H](C(=O)N1CCC[C@H]1C(=O)Cc1ccc2[nH]c(-c3ccc(NC(=O)[C@@H]4CCCN4C(=O)[C@@H](c4ccccc4)N(C)C)cc3)c(C#N)c2c1)c1ccccc1. The number of likely N-dealkylation sites (tertiary alicyclic amines) is 2. The molecule has 2 N–H and O–H groups in total. The van der Waals surface area contributed by atoms with Gasteiger partial charge in [0.15, 0.2) is 5.78 Å². The molecule has 3 amide bonds. The molecule has 4 aromatic carbocycles. The monoisotopic (exact) mass is 763 g/mol. The minimum atomic E-state index is -0.579. The topological polar surface area (TPSA) is 133 Å². The second-order valence-electron chi connectivity index (χ2n) is 15.5. The molecule has 11 nitrogen and oxygen atoms in total. The molecule has 2 saturated heterocycles. The van der Waals surface area contributed by atoms with Gasteiger partial charge >= 0.3 is 0 Å². The number of rotatable bonds is 12. The van der Waals surface area contributed by atoms with Crippen molar-refractivity contribution < 1.29 is 19.2 Å². The minimum absolute atomic E-state index is 0.0172. The minimum Gasteiger partial charge on any atom is -0.353 e. The lowest BCUT2D eigenvalue weighted by molar-refractivity contribution is -0.141. The molecule has 11 heteroatoms. The van der Waals surface area contributed by atoms with Crippen molar-refractivity contribution in [1.82, 2.24) is 24.6 Å². The zero-order chi connectivity index (χ0) is 40.2. The van der Waals surface area contributed by atoms with E-state index in [4.69, 9.17) is 0 Å². The van der Waals surface area contributed by atoms with Gasteiger partial charge in [-0.15, -0.1) is 0 Å². The number of benzene rings is 4. The Bertz CT molecular complexity index is 2300. The van der Waals surface area contributed by atoms with E-state index < -0.39 is 24.2 Å². The highest BCUT2D eigenvalue weighted by atomic mass is 16.2. The molecule has 5 aromatic rings. The summed E-state index contributed by atoms with van der Waals surface area (Å²) in [4.78, 5) is 65.6. The molecule has 1 aromatic heterocycles. The third-order valence-electron chi connectivity index (χ3n) is 11.3. The fourth-order valence-electron chi connectivity index (χ4n) is 8.52. The fraction of sp³-hybridized carbons (Fsp3) is 0.326. The normalized spacial score (nSPS) is 17.8. The Morgan fingerprint density at radius 3 is 1.84 bits per heavy atom. The highest BCUT2D eigenvalue weighted by molar-refractivity contribution is 5.99. The van der Waals surface area contributed by atoms with Crippen molar-refractivity contribution in [3.63, 3.8) is 0 Å². The predicted octanol–water partition coefficient (Wildman–Crippen LogP) is 6.34. The summed E-state index contributed by atoms with van der Waals surface area (Å²) in [5.74, 6) is -0.417. The van der Waals surface area contributed by atoms with E-state index in [1.807, 2.05) is 129 Å². The number of likely N-dealkylation sites (N-methyl/N-ethyl adjacent to an activating group) is 2.